The number of aryl methyl sites for hydroxylation is 1. The third-order valence-corrected chi connectivity index (χ3v) is 2.10. The quantitative estimate of drug-likeness (QED) is 0.672. The zero-order valence-electron chi connectivity index (χ0n) is 7.90. The number of rotatable bonds is 5. The summed E-state index contributed by atoms with van der Waals surface area (Å²) in [4.78, 5) is 3.90. The largest absolute Gasteiger partial charge is 0.253 e. The van der Waals surface area contributed by atoms with Crippen LogP contribution in [-0.2, 0) is 6.54 Å². The summed E-state index contributed by atoms with van der Waals surface area (Å²) in [6.45, 7) is 5.52. The summed E-state index contributed by atoms with van der Waals surface area (Å²) in [5.74, 6) is 0.805. The third kappa shape index (κ3) is 3.03. The van der Waals surface area contributed by atoms with Crippen LogP contribution in [0.15, 0.2) is 12.7 Å². The van der Waals surface area contributed by atoms with E-state index in [0.717, 1.165) is 12.5 Å². The van der Waals surface area contributed by atoms with Gasteiger partial charge in [0.15, 0.2) is 0 Å². The van der Waals surface area contributed by atoms with Gasteiger partial charge in [-0.3, -0.25) is 4.68 Å². The summed E-state index contributed by atoms with van der Waals surface area (Å²) < 4.78 is 1.90. The van der Waals surface area contributed by atoms with E-state index in [1.54, 1.807) is 12.7 Å². The molecule has 1 unspecified atom stereocenters. The fourth-order valence-electron chi connectivity index (χ4n) is 1.34. The van der Waals surface area contributed by atoms with Crippen LogP contribution in [-0.4, -0.2) is 14.8 Å². The van der Waals surface area contributed by atoms with Crippen molar-refractivity contribution in [3.05, 3.63) is 12.7 Å². The van der Waals surface area contributed by atoms with Crippen LogP contribution in [0.4, 0.5) is 0 Å². The molecule has 0 aliphatic carbocycles. The first kappa shape index (κ1) is 9.23. The molecular weight excluding hydrogens is 150 g/mol. The van der Waals surface area contributed by atoms with Crippen LogP contribution in [0.5, 0.6) is 0 Å². The summed E-state index contributed by atoms with van der Waals surface area (Å²) in [5.41, 5.74) is 0. The molecule has 68 valence electrons. The number of aromatic nitrogens is 3. The summed E-state index contributed by atoms with van der Waals surface area (Å²) in [7, 11) is 0. The Bertz CT molecular complexity index is 194. The highest BCUT2D eigenvalue weighted by Crippen LogP contribution is 2.10. The maximum absolute atomic E-state index is 4.05. The zero-order valence-corrected chi connectivity index (χ0v) is 7.90. The predicted molar refractivity (Wildman–Crippen MR) is 48.7 cm³/mol. The standard InChI is InChI=1S/C9H17N3/c1-3-4-9(2)5-6-12-8-10-7-11-12/h7-9H,3-6H2,1-2H3. The molecule has 0 saturated carbocycles. The monoisotopic (exact) mass is 167 g/mol. The van der Waals surface area contributed by atoms with Crippen LogP contribution in [0.2, 0.25) is 0 Å². The van der Waals surface area contributed by atoms with Crippen LogP contribution in [0.1, 0.15) is 33.1 Å². The maximum atomic E-state index is 4.05. The molecule has 1 aromatic rings. The van der Waals surface area contributed by atoms with Crippen molar-refractivity contribution in [3.63, 3.8) is 0 Å². The van der Waals surface area contributed by atoms with Gasteiger partial charge in [0.25, 0.3) is 0 Å². The van der Waals surface area contributed by atoms with Crippen molar-refractivity contribution in [3.8, 4) is 0 Å². The fourth-order valence-corrected chi connectivity index (χ4v) is 1.34. The molecule has 1 heterocycles. The highest BCUT2D eigenvalue weighted by Gasteiger charge is 2.00. The Morgan fingerprint density at radius 3 is 2.83 bits per heavy atom. The van der Waals surface area contributed by atoms with Gasteiger partial charge in [-0.2, -0.15) is 5.10 Å². The second-order valence-electron chi connectivity index (χ2n) is 3.34. The second-order valence-corrected chi connectivity index (χ2v) is 3.34. The van der Waals surface area contributed by atoms with Crippen molar-refractivity contribution in [1.82, 2.24) is 14.8 Å². The van der Waals surface area contributed by atoms with Crippen LogP contribution in [0, 0.1) is 5.92 Å². The highest BCUT2D eigenvalue weighted by atomic mass is 15.3. The summed E-state index contributed by atoms with van der Waals surface area (Å²) in [5, 5.41) is 4.05. The molecule has 0 aromatic carbocycles. The SMILES string of the molecule is CCCC(C)CCn1cncn1. The molecule has 0 amide bonds. The van der Waals surface area contributed by atoms with E-state index in [1.807, 2.05) is 4.68 Å². The Labute approximate surface area is 73.8 Å². The molecule has 0 N–H and O–H groups in total. The minimum atomic E-state index is 0.805. The lowest BCUT2D eigenvalue weighted by Crippen LogP contribution is -2.03. The van der Waals surface area contributed by atoms with E-state index >= 15 is 0 Å². The highest BCUT2D eigenvalue weighted by molar-refractivity contribution is 4.58. The zero-order chi connectivity index (χ0) is 8.81. The summed E-state index contributed by atoms with van der Waals surface area (Å²) >= 11 is 0. The Balaban J connectivity index is 2.17. The lowest BCUT2D eigenvalue weighted by molar-refractivity contribution is 0.431. The average molecular weight is 167 g/mol. The number of nitrogens with zero attached hydrogens (tertiary/aromatic N) is 3. The minimum absolute atomic E-state index is 0.805. The Hall–Kier alpha value is -0.860. The van der Waals surface area contributed by atoms with Crippen molar-refractivity contribution < 1.29 is 0 Å². The molecule has 0 aliphatic rings. The molecule has 0 saturated heterocycles. The third-order valence-electron chi connectivity index (χ3n) is 2.10. The Morgan fingerprint density at radius 2 is 2.25 bits per heavy atom. The van der Waals surface area contributed by atoms with Gasteiger partial charge in [-0.05, 0) is 12.3 Å². The molecule has 1 atom stereocenters. The van der Waals surface area contributed by atoms with Crippen molar-refractivity contribution >= 4 is 0 Å². The normalized spacial score (nSPS) is 13.2. The number of hydrogen-bond acceptors (Lipinski definition) is 2. The first-order chi connectivity index (χ1) is 5.83. The van der Waals surface area contributed by atoms with Gasteiger partial charge >= 0.3 is 0 Å². The van der Waals surface area contributed by atoms with Gasteiger partial charge in [0, 0.05) is 6.54 Å². The smallest absolute Gasteiger partial charge is 0.137 e. The minimum Gasteiger partial charge on any atom is -0.253 e. The molecular formula is C9H17N3. The van der Waals surface area contributed by atoms with Crippen LogP contribution >= 0.6 is 0 Å². The molecule has 1 aromatic heterocycles. The average Bonchev–Trinajstić information content (AvgIpc) is 2.53. The summed E-state index contributed by atoms with van der Waals surface area (Å²) in [6, 6.07) is 0. The van der Waals surface area contributed by atoms with Crippen LogP contribution in [0.3, 0.4) is 0 Å². The Kier molecular flexibility index (Phi) is 3.77. The molecule has 12 heavy (non-hydrogen) atoms. The van der Waals surface area contributed by atoms with E-state index in [-0.39, 0.29) is 0 Å². The first-order valence-corrected chi connectivity index (χ1v) is 4.65. The molecule has 0 radical (unpaired) electrons. The number of hydrogen-bond donors (Lipinski definition) is 0. The van der Waals surface area contributed by atoms with Crippen molar-refractivity contribution in [2.24, 2.45) is 5.92 Å². The lowest BCUT2D eigenvalue weighted by atomic mass is 10.0. The van der Waals surface area contributed by atoms with Gasteiger partial charge < -0.3 is 0 Å². The fraction of sp³-hybridized carbons (Fsp3) is 0.778. The molecule has 0 aliphatic heterocycles. The lowest BCUT2D eigenvalue weighted by Gasteiger charge is -2.08. The predicted octanol–water partition coefficient (Wildman–Crippen LogP) is 2.10. The van der Waals surface area contributed by atoms with E-state index < -0.39 is 0 Å². The van der Waals surface area contributed by atoms with Crippen molar-refractivity contribution in [2.75, 3.05) is 0 Å². The van der Waals surface area contributed by atoms with Crippen LogP contribution in [0.25, 0.3) is 0 Å². The molecule has 1 rings (SSSR count). The van der Waals surface area contributed by atoms with Gasteiger partial charge in [-0.25, -0.2) is 4.98 Å². The van der Waals surface area contributed by atoms with E-state index in [2.05, 4.69) is 23.9 Å². The first-order valence-electron chi connectivity index (χ1n) is 4.65. The molecule has 0 fully saturated rings. The van der Waals surface area contributed by atoms with Gasteiger partial charge in [0.05, 0.1) is 0 Å². The van der Waals surface area contributed by atoms with Crippen molar-refractivity contribution in [2.45, 2.75) is 39.7 Å². The van der Waals surface area contributed by atoms with E-state index in [9.17, 15) is 0 Å². The van der Waals surface area contributed by atoms with Gasteiger partial charge in [-0.1, -0.05) is 26.7 Å². The van der Waals surface area contributed by atoms with E-state index in [4.69, 9.17) is 0 Å². The molecule has 0 spiro atoms. The van der Waals surface area contributed by atoms with Gasteiger partial charge in [0.1, 0.15) is 12.7 Å². The maximum Gasteiger partial charge on any atom is 0.137 e. The van der Waals surface area contributed by atoms with E-state index in [1.165, 1.54) is 19.3 Å². The second kappa shape index (κ2) is 4.91. The topological polar surface area (TPSA) is 30.7 Å². The van der Waals surface area contributed by atoms with E-state index in [0.29, 0.717) is 0 Å². The van der Waals surface area contributed by atoms with Crippen molar-refractivity contribution in [1.29, 1.82) is 0 Å². The molecule has 3 nitrogen and oxygen atoms in total. The molecule has 3 heteroatoms. The van der Waals surface area contributed by atoms with Gasteiger partial charge in [-0.15, -0.1) is 0 Å². The molecule has 0 bridgehead atoms. The van der Waals surface area contributed by atoms with Gasteiger partial charge in [0.2, 0.25) is 0 Å². The summed E-state index contributed by atoms with van der Waals surface area (Å²) in [6.07, 6.45) is 7.16. The van der Waals surface area contributed by atoms with Crippen LogP contribution < -0.4 is 0 Å². The Morgan fingerprint density at radius 1 is 1.42 bits per heavy atom.